The van der Waals surface area contributed by atoms with Crippen LogP contribution in [0.5, 0.6) is 11.5 Å². The third-order valence-electron chi connectivity index (χ3n) is 4.31. The maximum Gasteiger partial charge on any atom is 0.266 e. The summed E-state index contributed by atoms with van der Waals surface area (Å²) in [7, 11) is 0. The van der Waals surface area contributed by atoms with Crippen molar-refractivity contribution in [1.29, 1.82) is 5.26 Å². The number of H-pyrrole nitrogens is 2. The number of rotatable bonds is 2. The van der Waals surface area contributed by atoms with E-state index < -0.39 is 5.56 Å². The van der Waals surface area contributed by atoms with Gasteiger partial charge in [-0.2, -0.15) is 5.26 Å². The van der Waals surface area contributed by atoms with Gasteiger partial charge in [-0.05, 0) is 29.8 Å². The molecular weight excluding hydrogens is 330 g/mol. The molecule has 0 radical (unpaired) electrons. The molecular formula is C20H13N3O3. The fourth-order valence-corrected chi connectivity index (χ4v) is 3.03. The first-order chi connectivity index (χ1) is 12.6. The Labute approximate surface area is 147 Å². The Kier molecular flexibility index (Phi) is 3.48. The fraction of sp³-hybridized carbons (Fsp3) is 0. The second kappa shape index (κ2) is 5.83. The normalized spacial score (nSPS) is 10.7. The lowest BCUT2D eigenvalue weighted by molar-refractivity contribution is 0.404. The number of hydrogen-bond donors (Lipinski definition) is 4. The number of para-hydroxylation sites is 1. The minimum Gasteiger partial charge on any atom is -0.504 e. The van der Waals surface area contributed by atoms with E-state index in [1.807, 2.05) is 30.3 Å². The Hall–Kier alpha value is -3.98. The highest BCUT2D eigenvalue weighted by Crippen LogP contribution is 2.34. The van der Waals surface area contributed by atoms with Gasteiger partial charge in [0.1, 0.15) is 11.6 Å². The van der Waals surface area contributed by atoms with E-state index in [1.54, 1.807) is 18.3 Å². The van der Waals surface area contributed by atoms with Gasteiger partial charge in [0.15, 0.2) is 11.5 Å². The molecule has 0 unspecified atom stereocenters. The third kappa shape index (κ3) is 2.39. The fourth-order valence-electron chi connectivity index (χ4n) is 3.03. The van der Waals surface area contributed by atoms with Crippen LogP contribution in [0, 0.1) is 11.3 Å². The molecule has 126 valence electrons. The predicted octanol–water partition coefficient (Wildman–Crippen LogP) is 3.47. The standard InChI is InChI=1S/C20H13N3O3/c21-9-14-13(11-5-6-18(24)19(25)7-11)8-17(23-20(14)26)15-10-22-16-4-2-1-3-12(15)16/h1-8,10,22,24-25H,(H,23,26). The van der Waals surface area contributed by atoms with E-state index >= 15 is 0 Å². The molecule has 0 saturated heterocycles. The van der Waals surface area contributed by atoms with E-state index in [0.717, 1.165) is 16.5 Å². The summed E-state index contributed by atoms with van der Waals surface area (Å²) in [6, 6.07) is 15.5. The van der Waals surface area contributed by atoms with E-state index in [0.29, 0.717) is 16.8 Å². The Morgan fingerprint density at radius 2 is 1.77 bits per heavy atom. The Morgan fingerprint density at radius 3 is 2.54 bits per heavy atom. The van der Waals surface area contributed by atoms with Crippen molar-refractivity contribution < 1.29 is 10.2 Å². The van der Waals surface area contributed by atoms with E-state index in [9.17, 15) is 20.3 Å². The number of nitrogens with zero attached hydrogens (tertiary/aromatic N) is 1. The molecule has 0 fully saturated rings. The number of pyridine rings is 1. The summed E-state index contributed by atoms with van der Waals surface area (Å²) < 4.78 is 0. The second-order valence-electron chi connectivity index (χ2n) is 5.86. The predicted molar refractivity (Wildman–Crippen MR) is 97.8 cm³/mol. The van der Waals surface area contributed by atoms with Crippen LogP contribution in [0.15, 0.2) is 59.5 Å². The number of aromatic amines is 2. The van der Waals surface area contributed by atoms with Crippen LogP contribution in [0.25, 0.3) is 33.3 Å². The second-order valence-corrected chi connectivity index (χ2v) is 5.86. The van der Waals surface area contributed by atoms with Crippen molar-refractivity contribution in [3.05, 3.63) is 70.6 Å². The van der Waals surface area contributed by atoms with Crippen molar-refractivity contribution in [2.45, 2.75) is 0 Å². The minimum absolute atomic E-state index is 0.0568. The maximum absolute atomic E-state index is 12.4. The number of benzene rings is 2. The molecule has 0 spiro atoms. The van der Waals surface area contributed by atoms with Gasteiger partial charge in [0.25, 0.3) is 5.56 Å². The van der Waals surface area contributed by atoms with Crippen molar-refractivity contribution >= 4 is 10.9 Å². The SMILES string of the molecule is N#Cc1c(-c2ccc(O)c(O)c2)cc(-c2c[nH]c3ccccc23)[nH]c1=O. The molecule has 4 N–H and O–H groups in total. The summed E-state index contributed by atoms with van der Waals surface area (Å²) in [6.07, 6.45) is 1.79. The molecule has 0 bridgehead atoms. The van der Waals surface area contributed by atoms with Gasteiger partial charge >= 0.3 is 0 Å². The summed E-state index contributed by atoms with van der Waals surface area (Å²) in [4.78, 5) is 18.3. The molecule has 26 heavy (non-hydrogen) atoms. The zero-order valence-electron chi connectivity index (χ0n) is 13.4. The number of phenols is 2. The van der Waals surface area contributed by atoms with E-state index in [4.69, 9.17) is 0 Å². The summed E-state index contributed by atoms with van der Waals surface area (Å²) in [5, 5.41) is 29.6. The van der Waals surface area contributed by atoms with Crippen molar-refractivity contribution in [3.63, 3.8) is 0 Å². The zero-order chi connectivity index (χ0) is 18.3. The van der Waals surface area contributed by atoms with Crippen molar-refractivity contribution in [2.75, 3.05) is 0 Å². The molecule has 0 atom stereocenters. The molecule has 0 aliphatic rings. The molecule has 4 aromatic rings. The number of fused-ring (bicyclic) bond motifs is 1. The number of aromatic nitrogens is 2. The Balaban J connectivity index is 1.99. The molecule has 2 heterocycles. The monoisotopic (exact) mass is 343 g/mol. The Morgan fingerprint density at radius 1 is 0.962 bits per heavy atom. The van der Waals surface area contributed by atoms with Crippen LogP contribution in [0.2, 0.25) is 0 Å². The number of nitriles is 1. The average molecular weight is 343 g/mol. The molecule has 6 heteroatoms. The molecule has 2 aromatic carbocycles. The summed E-state index contributed by atoms with van der Waals surface area (Å²) >= 11 is 0. The quantitative estimate of drug-likeness (QED) is 0.417. The highest BCUT2D eigenvalue weighted by atomic mass is 16.3. The van der Waals surface area contributed by atoms with Gasteiger partial charge in [-0.15, -0.1) is 0 Å². The largest absolute Gasteiger partial charge is 0.504 e. The summed E-state index contributed by atoms with van der Waals surface area (Å²) in [5.74, 6) is -0.589. The van der Waals surface area contributed by atoms with E-state index in [-0.39, 0.29) is 17.1 Å². The number of phenolic OH excluding ortho intramolecular Hbond substituents is 2. The van der Waals surface area contributed by atoms with Gasteiger partial charge in [0, 0.05) is 28.2 Å². The molecule has 4 rings (SSSR count). The summed E-state index contributed by atoms with van der Waals surface area (Å²) in [6.45, 7) is 0. The number of hydrogen-bond acceptors (Lipinski definition) is 4. The molecule has 6 nitrogen and oxygen atoms in total. The molecule has 0 amide bonds. The van der Waals surface area contributed by atoms with Crippen LogP contribution < -0.4 is 5.56 Å². The number of nitrogens with one attached hydrogen (secondary N) is 2. The van der Waals surface area contributed by atoms with Crippen LogP contribution in [-0.4, -0.2) is 20.2 Å². The first kappa shape index (κ1) is 15.5. The molecule has 0 saturated carbocycles. The van der Waals surface area contributed by atoms with Crippen LogP contribution >= 0.6 is 0 Å². The van der Waals surface area contributed by atoms with Gasteiger partial charge in [0.05, 0.1) is 5.69 Å². The van der Waals surface area contributed by atoms with E-state index in [2.05, 4.69) is 9.97 Å². The third-order valence-corrected chi connectivity index (χ3v) is 4.31. The van der Waals surface area contributed by atoms with Crippen LogP contribution in [0.1, 0.15) is 5.56 Å². The minimum atomic E-state index is -0.516. The lowest BCUT2D eigenvalue weighted by Gasteiger charge is -2.08. The first-order valence-corrected chi connectivity index (χ1v) is 7.85. The van der Waals surface area contributed by atoms with Crippen LogP contribution in [0.4, 0.5) is 0 Å². The van der Waals surface area contributed by atoms with Gasteiger partial charge < -0.3 is 20.2 Å². The van der Waals surface area contributed by atoms with Crippen molar-refractivity contribution in [3.8, 4) is 40.0 Å². The summed E-state index contributed by atoms with van der Waals surface area (Å²) in [5.41, 5.74) is 2.55. The average Bonchev–Trinajstić information content (AvgIpc) is 3.07. The maximum atomic E-state index is 12.4. The molecule has 0 aliphatic heterocycles. The lowest BCUT2D eigenvalue weighted by atomic mass is 9.98. The van der Waals surface area contributed by atoms with Gasteiger partial charge in [0.2, 0.25) is 0 Å². The lowest BCUT2D eigenvalue weighted by Crippen LogP contribution is -2.12. The smallest absolute Gasteiger partial charge is 0.266 e. The van der Waals surface area contributed by atoms with Gasteiger partial charge in [-0.25, -0.2) is 0 Å². The van der Waals surface area contributed by atoms with Crippen molar-refractivity contribution in [2.24, 2.45) is 0 Å². The Bertz CT molecular complexity index is 1250. The number of aromatic hydroxyl groups is 2. The van der Waals surface area contributed by atoms with E-state index in [1.165, 1.54) is 12.1 Å². The zero-order valence-corrected chi connectivity index (χ0v) is 13.4. The highest BCUT2D eigenvalue weighted by molar-refractivity contribution is 5.95. The first-order valence-electron chi connectivity index (χ1n) is 7.85. The molecule has 2 aromatic heterocycles. The highest BCUT2D eigenvalue weighted by Gasteiger charge is 2.15. The molecule has 0 aliphatic carbocycles. The van der Waals surface area contributed by atoms with Crippen LogP contribution in [0.3, 0.4) is 0 Å². The van der Waals surface area contributed by atoms with Crippen LogP contribution in [-0.2, 0) is 0 Å². The van der Waals surface area contributed by atoms with Gasteiger partial charge in [-0.3, -0.25) is 4.79 Å². The topological polar surface area (TPSA) is 113 Å². The van der Waals surface area contributed by atoms with Crippen molar-refractivity contribution in [1.82, 2.24) is 9.97 Å². The van der Waals surface area contributed by atoms with Gasteiger partial charge in [-0.1, -0.05) is 24.3 Å².